The summed E-state index contributed by atoms with van der Waals surface area (Å²) in [6.07, 6.45) is 2.58. The predicted molar refractivity (Wildman–Crippen MR) is 59.8 cm³/mol. The van der Waals surface area contributed by atoms with Gasteiger partial charge in [0.25, 0.3) is 0 Å². The molecule has 2 atom stereocenters. The summed E-state index contributed by atoms with van der Waals surface area (Å²) in [5.41, 5.74) is 1.58. The maximum Gasteiger partial charge on any atom is 0.0510 e. The lowest BCUT2D eigenvalue weighted by Crippen LogP contribution is -2.52. The van der Waals surface area contributed by atoms with Crippen molar-refractivity contribution >= 4 is 11.3 Å². The van der Waals surface area contributed by atoms with Crippen molar-refractivity contribution in [1.29, 1.82) is 0 Å². The Morgan fingerprint density at radius 1 is 1.57 bits per heavy atom. The fraction of sp³-hybridized carbons (Fsp3) is 0.636. The van der Waals surface area contributed by atoms with Crippen molar-refractivity contribution in [2.45, 2.75) is 24.9 Å². The third-order valence-electron chi connectivity index (χ3n) is 3.51. The van der Waals surface area contributed by atoms with E-state index >= 15 is 0 Å². The van der Waals surface area contributed by atoms with E-state index in [9.17, 15) is 0 Å². The quantitative estimate of drug-likeness (QED) is 0.697. The molecule has 1 N–H and O–H groups in total. The van der Waals surface area contributed by atoms with Crippen LogP contribution >= 0.6 is 11.3 Å². The van der Waals surface area contributed by atoms with Gasteiger partial charge in [0.2, 0.25) is 0 Å². The van der Waals surface area contributed by atoms with Crippen LogP contribution in [0.25, 0.3) is 0 Å². The van der Waals surface area contributed by atoms with Gasteiger partial charge in [-0.05, 0) is 36.9 Å². The maximum atomic E-state index is 3.65. The molecule has 2 heterocycles. The summed E-state index contributed by atoms with van der Waals surface area (Å²) in [6, 6.07) is 3.65. The minimum absolute atomic E-state index is 0.638. The Hall–Kier alpha value is -0.380. The highest BCUT2D eigenvalue weighted by molar-refractivity contribution is 7.10. The number of nitrogens with zero attached hydrogens (tertiary/aromatic N) is 1. The van der Waals surface area contributed by atoms with Gasteiger partial charge in [0.15, 0.2) is 0 Å². The minimum atomic E-state index is 0.638. The Morgan fingerprint density at radius 2 is 2.50 bits per heavy atom. The van der Waals surface area contributed by atoms with Crippen molar-refractivity contribution in [3.8, 4) is 0 Å². The summed E-state index contributed by atoms with van der Waals surface area (Å²) in [5.74, 6) is 0. The fourth-order valence-electron chi connectivity index (χ4n) is 2.80. The first-order valence-corrected chi connectivity index (χ1v) is 6.24. The Labute approximate surface area is 88.9 Å². The van der Waals surface area contributed by atoms with E-state index in [1.54, 1.807) is 10.4 Å². The molecule has 0 bridgehead atoms. The number of aryl methyl sites for hydroxylation is 1. The number of nitrogens with one attached hydrogen (secondary N) is 1. The lowest BCUT2D eigenvalue weighted by Gasteiger charge is -2.42. The number of likely N-dealkylation sites (N-methyl/N-ethyl adjacent to an activating group) is 1. The van der Waals surface area contributed by atoms with Gasteiger partial charge in [-0.15, -0.1) is 11.3 Å². The smallest absolute Gasteiger partial charge is 0.0510 e. The van der Waals surface area contributed by atoms with Crippen LogP contribution in [0.3, 0.4) is 0 Å². The van der Waals surface area contributed by atoms with Gasteiger partial charge in [-0.25, -0.2) is 0 Å². The zero-order chi connectivity index (χ0) is 9.54. The van der Waals surface area contributed by atoms with Crippen molar-refractivity contribution in [2.24, 2.45) is 0 Å². The van der Waals surface area contributed by atoms with Crippen LogP contribution in [0.15, 0.2) is 11.4 Å². The van der Waals surface area contributed by atoms with Crippen molar-refractivity contribution in [3.05, 3.63) is 21.9 Å². The van der Waals surface area contributed by atoms with Crippen molar-refractivity contribution in [2.75, 3.05) is 20.1 Å². The van der Waals surface area contributed by atoms with E-state index in [-0.39, 0.29) is 0 Å². The molecular formula is C11H16N2S. The lowest BCUT2D eigenvalue weighted by atomic mass is 9.87. The van der Waals surface area contributed by atoms with Crippen LogP contribution in [-0.2, 0) is 6.42 Å². The van der Waals surface area contributed by atoms with Crippen LogP contribution in [0.1, 0.15) is 22.9 Å². The van der Waals surface area contributed by atoms with E-state index < -0.39 is 0 Å². The van der Waals surface area contributed by atoms with E-state index in [1.807, 2.05) is 11.3 Å². The average Bonchev–Trinajstić information content (AvgIpc) is 2.65. The molecule has 1 aliphatic heterocycles. The molecule has 1 saturated heterocycles. The van der Waals surface area contributed by atoms with Crippen LogP contribution in [0.2, 0.25) is 0 Å². The van der Waals surface area contributed by atoms with Gasteiger partial charge >= 0.3 is 0 Å². The number of piperazine rings is 1. The van der Waals surface area contributed by atoms with Gasteiger partial charge in [0.1, 0.15) is 0 Å². The second-order valence-electron chi connectivity index (χ2n) is 4.32. The molecule has 3 heteroatoms. The molecule has 1 aliphatic carbocycles. The van der Waals surface area contributed by atoms with Crippen molar-refractivity contribution in [3.63, 3.8) is 0 Å². The second kappa shape index (κ2) is 3.33. The Morgan fingerprint density at radius 3 is 3.43 bits per heavy atom. The third-order valence-corrected chi connectivity index (χ3v) is 4.50. The van der Waals surface area contributed by atoms with Crippen LogP contribution in [-0.4, -0.2) is 31.1 Å². The predicted octanol–water partition coefficient (Wildman–Crippen LogP) is 1.64. The average molecular weight is 208 g/mol. The van der Waals surface area contributed by atoms with E-state index in [0.29, 0.717) is 12.1 Å². The molecule has 2 aliphatic rings. The van der Waals surface area contributed by atoms with Crippen LogP contribution < -0.4 is 5.32 Å². The van der Waals surface area contributed by atoms with Gasteiger partial charge in [0.05, 0.1) is 6.04 Å². The summed E-state index contributed by atoms with van der Waals surface area (Å²) in [5, 5.41) is 5.89. The number of thiophene rings is 1. The Kier molecular flexibility index (Phi) is 2.11. The van der Waals surface area contributed by atoms with Gasteiger partial charge in [-0.1, -0.05) is 0 Å². The van der Waals surface area contributed by atoms with E-state index in [2.05, 4.69) is 28.7 Å². The third kappa shape index (κ3) is 1.23. The summed E-state index contributed by atoms with van der Waals surface area (Å²) in [7, 11) is 2.26. The molecule has 0 spiro atoms. The standard InChI is InChI=1S/C11H16N2S/c1-13-6-5-12-9-2-3-10-8(11(9)13)4-7-14-10/h4,7,9,11-12H,2-3,5-6H2,1H3. The molecule has 1 fully saturated rings. The summed E-state index contributed by atoms with van der Waals surface area (Å²) in [4.78, 5) is 4.12. The SMILES string of the molecule is CN1CCNC2CCc3sccc3C21. The van der Waals surface area contributed by atoms with Crippen LogP contribution in [0.5, 0.6) is 0 Å². The summed E-state index contributed by atoms with van der Waals surface area (Å²) in [6.45, 7) is 2.33. The minimum Gasteiger partial charge on any atom is -0.311 e. The van der Waals surface area contributed by atoms with Gasteiger partial charge in [-0.3, -0.25) is 4.90 Å². The molecule has 2 unspecified atom stereocenters. The highest BCUT2D eigenvalue weighted by Gasteiger charge is 2.34. The van der Waals surface area contributed by atoms with Gasteiger partial charge in [-0.2, -0.15) is 0 Å². The molecule has 76 valence electrons. The zero-order valence-corrected chi connectivity index (χ0v) is 9.31. The van der Waals surface area contributed by atoms with E-state index in [1.165, 1.54) is 19.4 Å². The van der Waals surface area contributed by atoms with E-state index in [0.717, 1.165) is 6.54 Å². The lowest BCUT2D eigenvalue weighted by molar-refractivity contribution is 0.138. The molecule has 2 nitrogen and oxygen atoms in total. The summed E-state index contributed by atoms with van der Waals surface area (Å²) >= 11 is 1.93. The molecule has 0 aromatic carbocycles. The molecule has 0 saturated carbocycles. The molecule has 1 aromatic heterocycles. The largest absolute Gasteiger partial charge is 0.311 e. The molecule has 0 radical (unpaired) electrons. The second-order valence-corrected chi connectivity index (χ2v) is 5.32. The highest BCUT2D eigenvalue weighted by atomic mass is 32.1. The monoisotopic (exact) mass is 208 g/mol. The van der Waals surface area contributed by atoms with Crippen LogP contribution in [0.4, 0.5) is 0 Å². The number of hydrogen-bond acceptors (Lipinski definition) is 3. The van der Waals surface area contributed by atoms with Gasteiger partial charge < -0.3 is 5.32 Å². The first kappa shape index (κ1) is 8.89. The molecule has 14 heavy (non-hydrogen) atoms. The number of hydrogen-bond donors (Lipinski definition) is 1. The first-order chi connectivity index (χ1) is 6.86. The maximum absolute atomic E-state index is 3.65. The van der Waals surface area contributed by atoms with Crippen molar-refractivity contribution < 1.29 is 0 Å². The molecule has 0 amide bonds. The number of rotatable bonds is 0. The Bertz CT molecular complexity index is 334. The number of fused-ring (bicyclic) bond motifs is 3. The zero-order valence-electron chi connectivity index (χ0n) is 8.49. The highest BCUT2D eigenvalue weighted by Crippen LogP contribution is 2.37. The Balaban J connectivity index is 2.00. The topological polar surface area (TPSA) is 15.3 Å². The molecule has 3 rings (SSSR count). The summed E-state index contributed by atoms with van der Waals surface area (Å²) < 4.78 is 0. The molecular weight excluding hydrogens is 192 g/mol. The van der Waals surface area contributed by atoms with Crippen molar-refractivity contribution in [1.82, 2.24) is 10.2 Å². The van der Waals surface area contributed by atoms with Crippen LogP contribution in [0, 0.1) is 0 Å². The fourth-order valence-corrected chi connectivity index (χ4v) is 3.74. The normalized spacial score (nSPS) is 32.4. The first-order valence-electron chi connectivity index (χ1n) is 5.36. The molecule has 1 aromatic rings. The van der Waals surface area contributed by atoms with E-state index in [4.69, 9.17) is 0 Å². The van der Waals surface area contributed by atoms with Gasteiger partial charge in [0, 0.05) is 24.0 Å².